The van der Waals surface area contributed by atoms with Crippen molar-refractivity contribution in [2.45, 2.75) is 180 Å². The van der Waals surface area contributed by atoms with E-state index >= 15 is 0 Å². The molecule has 366 valence electrons. The number of allylic oxidation sites excluding steroid dienone is 6. The maximum Gasteiger partial charge on any atom is 0.329 e. The SMILES string of the molecule is CO[C@H]1C[C@H]2CC[C@@H](C)[C@@](O)(O2)C(=O)C(=O)N2CCCC[C@H]2C(=O)O[C@H]([C@H](C)CC2CC[C@@H](O)[C@H](OC)C2)CC(=O)[C@H](C)/C=C(\C)[C@@H](O)[C@@H](OC)C(=O)[C@H](C)C[C@H](C)/C=C\C=CC=C1C. The molecule has 0 aromatic heterocycles. The van der Waals surface area contributed by atoms with Crippen LogP contribution < -0.4 is 0 Å². The standard InChI is InChI=1S/C51H79NO13/c1-30-16-12-11-13-17-31(2)42(61-8)28-38-21-19-36(7)51(60,65-38)48(57)49(58)52-23-15-14-18-39(52)50(59)64-43(33(4)26-37-20-22-40(53)44(27-37)62-9)29-41(54)32(3)25-35(6)46(56)47(63-10)45(55)34(5)24-30/h11-13,16-17,25,30,32-34,36-40,42-44,46-47,53,56,60H,14-15,18-24,26-29H2,1-10H3/b13-11?,16-12-,31-17?,35-25+/t30-,32-,33-,34-,36-,37?,38-,39+,40-,42+,43+,44-,46-,47+,51-/m1/s1. The number of fused-ring (bicyclic) bond motifs is 3. The number of piperidine rings is 1. The molecule has 65 heavy (non-hydrogen) atoms. The molecule has 3 heterocycles. The fourth-order valence-corrected chi connectivity index (χ4v) is 10.1. The van der Waals surface area contributed by atoms with Gasteiger partial charge in [0.1, 0.15) is 30.1 Å². The van der Waals surface area contributed by atoms with E-state index in [9.17, 15) is 39.3 Å². The summed E-state index contributed by atoms with van der Waals surface area (Å²) >= 11 is 0. The van der Waals surface area contributed by atoms with Crippen molar-refractivity contribution in [3.8, 4) is 0 Å². The second kappa shape index (κ2) is 25.1. The van der Waals surface area contributed by atoms with Gasteiger partial charge in [-0.1, -0.05) is 71.1 Å². The molecule has 4 rings (SSSR count). The molecule has 14 heteroatoms. The Hall–Kier alpha value is -3.37. The van der Waals surface area contributed by atoms with Crippen molar-refractivity contribution in [1.29, 1.82) is 0 Å². The lowest BCUT2D eigenvalue weighted by atomic mass is 9.78. The molecule has 0 aromatic rings. The van der Waals surface area contributed by atoms with Crippen LogP contribution >= 0.6 is 0 Å². The number of Topliss-reactive ketones (excluding diaryl/α,β-unsaturated/α-hetero) is 3. The normalized spacial score (nSPS) is 39.1. The van der Waals surface area contributed by atoms with E-state index in [4.69, 9.17) is 23.7 Å². The number of cyclic esters (lactones) is 1. The van der Waals surface area contributed by atoms with E-state index in [1.54, 1.807) is 41.1 Å². The van der Waals surface area contributed by atoms with Crippen LogP contribution in [-0.4, -0.2) is 132 Å². The van der Waals surface area contributed by atoms with E-state index in [1.807, 2.05) is 58.1 Å². The highest BCUT2D eigenvalue weighted by molar-refractivity contribution is 6.39. The zero-order valence-corrected chi connectivity index (χ0v) is 40.6. The first-order valence-corrected chi connectivity index (χ1v) is 23.9. The molecule has 0 radical (unpaired) electrons. The number of carbonyl (C=O) groups excluding carboxylic acids is 5. The Bertz CT molecular complexity index is 1760. The molecule has 2 saturated heterocycles. The number of amides is 1. The van der Waals surface area contributed by atoms with Gasteiger partial charge in [0.25, 0.3) is 11.7 Å². The zero-order chi connectivity index (χ0) is 48.2. The average Bonchev–Trinajstić information content (AvgIpc) is 3.28. The molecule has 1 unspecified atom stereocenters. The lowest BCUT2D eigenvalue weighted by Gasteiger charge is -2.42. The number of ketones is 3. The van der Waals surface area contributed by atoms with Crippen molar-refractivity contribution in [2.24, 2.45) is 35.5 Å². The van der Waals surface area contributed by atoms with Crippen LogP contribution in [0.25, 0.3) is 0 Å². The number of aliphatic hydroxyl groups excluding tert-OH is 2. The number of aliphatic hydroxyl groups is 3. The molecule has 0 aromatic carbocycles. The van der Waals surface area contributed by atoms with Crippen LogP contribution in [-0.2, 0) is 47.7 Å². The van der Waals surface area contributed by atoms with Crippen LogP contribution in [0.1, 0.15) is 126 Å². The first kappa shape index (κ1) is 54.2. The van der Waals surface area contributed by atoms with Crippen LogP contribution in [0.4, 0.5) is 0 Å². The smallest absolute Gasteiger partial charge is 0.329 e. The van der Waals surface area contributed by atoms with Crippen LogP contribution in [0.2, 0.25) is 0 Å². The largest absolute Gasteiger partial charge is 0.460 e. The second-order valence-electron chi connectivity index (χ2n) is 19.6. The van der Waals surface area contributed by atoms with Gasteiger partial charge >= 0.3 is 5.97 Å². The maximum atomic E-state index is 14.4. The van der Waals surface area contributed by atoms with E-state index in [-0.39, 0.29) is 54.8 Å². The number of nitrogens with zero attached hydrogens (tertiary/aromatic N) is 1. The van der Waals surface area contributed by atoms with Crippen LogP contribution in [0.3, 0.4) is 0 Å². The molecule has 3 fully saturated rings. The first-order valence-electron chi connectivity index (χ1n) is 23.9. The van der Waals surface area contributed by atoms with Crippen LogP contribution in [0, 0.1) is 35.5 Å². The highest BCUT2D eigenvalue weighted by Gasteiger charge is 2.53. The molecule has 15 atom stereocenters. The van der Waals surface area contributed by atoms with Crippen molar-refractivity contribution in [1.82, 2.24) is 4.90 Å². The Balaban J connectivity index is 1.70. The van der Waals surface area contributed by atoms with Gasteiger partial charge in [0.2, 0.25) is 5.79 Å². The topological polar surface area (TPSA) is 195 Å². The third-order valence-corrected chi connectivity index (χ3v) is 14.5. The molecule has 0 spiro atoms. The Morgan fingerprint density at radius 2 is 1.57 bits per heavy atom. The number of carbonyl (C=O) groups is 5. The summed E-state index contributed by atoms with van der Waals surface area (Å²) in [6.45, 7) is 12.7. The molecule has 2 bridgehead atoms. The van der Waals surface area contributed by atoms with Crippen molar-refractivity contribution in [3.63, 3.8) is 0 Å². The number of esters is 1. The quantitative estimate of drug-likeness (QED) is 0.156. The van der Waals surface area contributed by atoms with E-state index in [0.29, 0.717) is 63.4 Å². The summed E-state index contributed by atoms with van der Waals surface area (Å²) < 4.78 is 29.4. The average molecular weight is 914 g/mol. The van der Waals surface area contributed by atoms with Crippen LogP contribution in [0.15, 0.2) is 47.6 Å². The predicted octanol–water partition coefficient (Wildman–Crippen LogP) is 6.18. The van der Waals surface area contributed by atoms with Gasteiger partial charge in [0.05, 0.1) is 24.4 Å². The number of hydrogen-bond donors (Lipinski definition) is 3. The predicted molar refractivity (Wildman–Crippen MR) is 245 cm³/mol. The summed E-state index contributed by atoms with van der Waals surface area (Å²) in [7, 11) is 4.52. The molecule has 3 aliphatic heterocycles. The van der Waals surface area contributed by atoms with E-state index in [1.165, 1.54) is 12.0 Å². The summed E-state index contributed by atoms with van der Waals surface area (Å²) in [4.78, 5) is 71.8. The maximum absolute atomic E-state index is 14.4. The molecule has 1 amide bonds. The third-order valence-electron chi connectivity index (χ3n) is 14.5. The molecular weight excluding hydrogens is 835 g/mol. The minimum absolute atomic E-state index is 0.0193. The van der Waals surface area contributed by atoms with Crippen molar-refractivity contribution in [3.05, 3.63) is 47.6 Å². The van der Waals surface area contributed by atoms with Crippen molar-refractivity contribution in [2.75, 3.05) is 27.9 Å². The molecule has 14 nitrogen and oxygen atoms in total. The molecular formula is C51H79NO13. The first-order chi connectivity index (χ1) is 30.7. The summed E-state index contributed by atoms with van der Waals surface area (Å²) in [6.07, 6.45) is 11.2. The van der Waals surface area contributed by atoms with Gasteiger partial charge in [0.15, 0.2) is 5.78 Å². The lowest BCUT2D eigenvalue weighted by molar-refractivity contribution is -0.265. The molecule has 3 N–H and O–H groups in total. The summed E-state index contributed by atoms with van der Waals surface area (Å²) in [6, 6.07) is -1.14. The number of rotatable bonds is 6. The van der Waals surface area contributed by atoms with Gasteiger partial charge in [0, 0.05) is 58.5 Å². The summed E-state index contributed by atoms with van der Waals surface area (Å²) in [5.74, 6) is -7.96. The highest BCUT2D eigenvalue weighted by Crippen LogP contribution is 2.38. The van der Waals surface area contributed by atoms with E-state index < -0.39 is 83.9 Å². The Morgan fingerprint density at radius 3 is 2.25 bits per heavy atom. The zero-order valence-electron chi connectivity index (χ0n) is 40.6. The second-order valence-corrected chi connectivity index (χ2v) is 19.6. The fraction of sp³-hybridized carbons (Fsp3) is 0.745. The number of hydrogen-bond acceptors (Lipinski definition) is 13. The molecule has 4 aliphatic rings. The number of methoxy groups -OCH3 is 3. The summed E-state index contributed by atoms with van der Waals surface area (Å²) in [5.41, 5.74) is 1.27. The van der Waals surface area contributed by atoms with Gasteiger partial charge in [-0.05, 0) is 107 Å². The monoisotopic (exact) mass is 914 g/mol. The van der Waals surface area contributed by atoms with Gasteiger partial charge in [-0.3, -0.25) is 19.2 Å². The lowest BCUT2D eigenvalue weighted by Crippen LogP contribution is -2.61. The van der Waals surface area contributed by atoms with Gasteiger partial charge in [-0.2, -0.15) is 0 Å². The van der Waals surface area contributed by atoms with Gasteiger partial charge in [-0.15, -0.1) is 0 Å². The minimum atomic E-state index is -2.43. The van der Waals surface area contributed by atoms with E-state index in [0.717, 1.165) is 12.0 Å². The minimum Gasteiger partial charge on any atom is -0.460 e. The van der Waals surface area contributed by atoms with E-state index in [2.05, 4.69) is 0 Å². The third kappa shape index (κ3) is 14.3. The highest BCUT2D eigenvalue weighted by atomic mass is 16.6. The van der Waals surface area contributed by atoms with Crippen LogP contribution in [0.5, 0.6) is 0 Å². The Kier molecular flexibility index (Phi) is 21.0. The summed E-state index contributed by atoms with van der Waals surface area (Å²) in [5, 5.41) is 33.8. The molecule has 1 saturated carbocycles. The molecule has 1 aliphatic carbocycles. The number of ether oxygens (including phenoxy) is 5. The fourth-order valence-electron chi connectivity index (χ4n) is 10.1. The van der Waals surface area contributed by atoms with Gasteiger partial charge < -0.3 is 43.9 Å². The van der Waals surface area contributed by atoms with Crippen molar-refractivity contribution >= 4 is 29.2 Å². The van der Waals surface area contributed by atoms with Crippen molar-refractivity contribution < 1.29 is 63.0 Å². The van der Waals surface area contributed by atoms with Gasteiger partial charge in [-0.25, -0.2) is 4.79 Å². The Morgan fingerprint density at radius 1 is 0.846 bits per heavy atom. The Labute approximate surface area is 387 Å².